The molecular formula is C20H28ClN3O2. The van der Waals surface area contributed by atoms with Crippen LogP contribution < -0.4 is 15.8 Å². The van der Waals surface area contributed by atoms with Crippen molar-refractivity contribution in [3.05, 3.63) is 34.5 Å². The second-order valence-corrected chi connectivity index (χ2v) is 7.71. The number of hydrogen-bond acceptors (Lipinski definition) is 4. The van der Waals surface area contributed by atoms with Crippen LogP contribution in [0.15, 0.2) is 23.9 Å². The first-order valence-electron chi connectivity index (χ1n) is 9.37. The molecule has 1 aromatic carbocycles. The maximum Gasteiger partial charge on any atom is 0.255 e. The molecule has 0 saturated carbocycles. The molecule has 1 saturated heterocycles. The van der Waals surface area contributed by atoms with Crippen LogP contribution in [0.2, 0.25) is 5.02 Å². The first kappa shape index (κ1) is 18.9. The second-order valence-electron chi connectivity index (χ2n) is 7.31. The lowest BCUT2D eigenvalue weighted by Gasteiger charge is -2.40. The van der Waals surface area contributed by atoms with E-state index in [-0.39, 0.29) is 11.9 Å². The first-order valence-corrected chi connectivity index (χ1v) is 9.75. The summed E-state index contributed by atoms with van der Waals surface area (Å²) in [7, 11) is 1.53. The van der Waals surface area contributed by atoms with Crippen molar-refractivity contribution in [1.82, 2.24) is 10.2 Å². The number of hydrogen-bond donors (Lipinski definition) is 2. The summed E-state index contributed by atoms with van der Waals surface area (Å²) in [4.78, 5) is 15.3. The van der Waals surface area contributed by atoms with Crippen LogP contribution in [-0.4, -0.2) is 37.0 Å². The topological polar surface area (TPSA) is 67.6 Å². The number of rotatable bonds is 4. The highest BCUT2D eigenvalue weighted by molar-refractivity contribution is 6.33. The highest BCUT2D eigenvalue weighted by Gasteiger charge is 2.29. The zero-order chi connectivity index (χ0) is 18.7. The molecule has 1 amide bonds. The van der Waals surface area contributed by atoms with Gasteiger partial charge in [-0.2, -0.15) is 0 Å². The van der Waals surface area contributed by atoms with Gasteiger partial charge in [-0.3, -0.25) is 4.79 Å². The lowest BCUT2D eigenvalue weighted by Crippen LogP contribution is -2.49. The number of carbonyl (C=O) groups is 1. The molecule has 1 aliphatic heterocycles. The predicted molar refractivity (Wildman–Crippen MR) is 106 cm³/mol. The maximum atomic E-state index is 12.8. The van der Waals surface area contributed by atoms with Crippen LogP contribution in [0.3, 0.4) is 0 Å². The third kappa shape index (κ3) is 4.09. The van der Waals surface area contributed by atoms with E-state index in [9.17, 15) is 4.79 Å². The molecule has 1 heterocycles. The number of allylic oxidation sites excluding steroid dienone is 2. The minimum Gasteiger partial charge on any atom is -0.496 e. The SMILES string of the molecule is COc1cc(N)c(Cl)cc1C(=O)NC1CCN(C2=CCCCC2)CC1C. The van der Waals surface area contributed by atoms with E-state index in [1.165, 1.54) is 38.5 Å². The number of likely N-dealkylation sites (tertiary alicyclic amines) is 1. The van der Waals surface area contributed by atoms with E-state index in [4.69, 9.17) is 22.1 Å². The van der Waals surface area contributed by atoms with Gasteiger partial charge in [-0.25, -0.2) is 0 Å². The fourth-order valence-electron chi connectivity index (χ4n) is 3.89. The third-order valence-electron chi connectivity index (χ3n) is 5.46. The summed E-state index contributed by atoms with van der Waals surface area (Å²) < 4.78 is 5.30. The molecule has 26 heavy (non-hydrogen) atoms. The number of ether oxygens (including phenoxy) is 1. The Labute approximate surface area is 160 Å². The number of benzene rings is 1. The average molecular weight is 378 g/mol. The number of piperidine rings is 1. The molecule has 0 bridgehead atoms. The number of nitrogens with one attached hydrogen (secondary N) is 1. The molecule has 1 aliphatic carbocycles. The molecule has 5 nitrogen and oxygen atoms in total. The van der Waals surface area contributed by atoms with Crippen LogP contribution in [0.25, 0.3) is 0 Å². The molecule has 0 spiro atoms. The van der Waals surface area contributed by atoms with Crippen LogP contribution in [0.5, 0.6) is 5.75 Å². The summed E-state index contributed by atoms with van der Waals surface area (Å²) in [6.07, 6.45) is 8.29. The summed E-state index contributed by atoms with van der Waals surface area (Å²) in [5.74, 6) is 0.665. The van der Waals surface area contributed by atoms with Crippen molar-refractivity contribution in [3.63, 3.8) is 0 Å². The molecular weight excluding hydrogens is 350 g/mol. The Bertz CT molecular complexity index is 705. The summed E-state index contributed by atoms with van der Waals surface area (Å²) in [6.45, 7) is 4.17. The van der Waals surface area contributed by atoms with Gasteiger partial charge in [-0.05, 0) is 44.1 Å². The number of anilines is 1. The zero-order valence-electron chi connectivity index (χ0n) is 15.6. The molecule has 2 unspecified atom stereocenters. The van der Waals surface area contributed by atoms with Gasteiger partial charge in [0.05, 0.1) is 23.4 Å². The number of nitrogens with zero attached hydrogens (tertiary/aromatic N) is 1. The van der Waals surface area contributed by atoms with Gasteiger partial charge in [0.2, 0.25) is 0 Å². The Hall–Kier alpha value is -1.88. The van der Waals surface area contributed by atoms with E-state index in [2.05, 4.69) is 23.2 Å². The van der Waals surface area contributed by atoms with Crippen LogP contribution in [0.4, 0.5) is 5.69 Å². The van der Waals surface area contributed by atoms with Crippen molar-refractivity contribution in [2.45, 2.75) is 45.1 Å². The normalized spacial score (nSPS) is 23.3. The summed E-state index contributed by atoms with van der Waals surface area (Å²) in [5, 5.41) is 3.53. The van der Waals surface area contributed by atoms with E-state index in [1.54, 1.807) is 12.1 Å². The van der Waals surface area contributed by atoms with Crippen LogP contribution in [0, 0.1) is 5.92 Å². The number of nitrogens with two attached hydrogens (primary N) is 1. The fourth-order valence-corrected chi connectivity index (χ4v) is 4.05. The largest absolute Gasteiger partial charge is 0.496 e. The molecule has 1 aromatic rings. The lowest BCUT2D eigenvalue weighted by atomic mass is 9.91. The second kappa shape index (κ2) is 8.21. The number of amides is 1. The van der Waals surface area contributed by atoms with Gasteiger partial charge in [-0.1, -0.05) is 24.6 Å². The third-order valence-corrected chi connectivity index (χ3v) is 5.79. The molecule has 142 valence electrons. The molecule has 3 N–H and O–H groups in total. The highest BCUT2D eigenvalue weighted by atomic mass is 35.5. The molecule has 0 radical (unpaired) electrons. The first-order chi connectivity index (χ1) is 12.5. The fraction of sp³-hybridized carbons (Fsp3) is 0.550. The van der Waals surface area contributed by atoms with E-state index >= 15 is 0 Å². The number of carbonyl (C=O) groups excluding carboxylic acids is 1. The van der Waals surface area contributed by atoms with Gasteiger partial charge in [0.15, 0.2) is 0 Å². The van der Waals surface area contributed by atoms with Crippen molar-refractivity contribution in [3.8, 4) is 5.75 Å². The van der Waals surface area contributed by atoms with E-state index in [1.807, 2.05) is 0 Å². The Balaban J connectivity index is 1.65. The molecule has 0 aromatic heterocycles. The molecule has 3 rings (SSSR count). The average Bonchev–Trinajstić information content (AvgIpc) is 2.65. The van der Waals surface area contributed by atoms with Crippen LogP contribution in [-0.2, 0) is 0 Å². The highest BCUT2D eigenvalue weighted by Crippen LogP contribution is 2.30. The smallest absolute Gasteiger partial charge is 0.255 e. The quantitative estimate of drug-likeness (QED) is 0.782. The maximum absolute atomic E-state index is 12.8. The van der Waals surface area contributed by atoms with Crippen molar-refractivity contribution in [2.75, 3.05) is 25.9 Å². The molecule has 6 heteroatoms. The van der Waals surface area contributed by atoms with E-state index in [0.29, 0.717) is 27.9 Å². The van der Waals surface area contributed by atoms with Gasteiger partial charge in [0.1, 0.15) is 5.75 Å². The Kier molecular flexibility index (Phi) is 5.97. The lowest BCUT2D eigenvalue weighted by molar-refractivity contribution is 0.0882. The predicted octanol–water partition coefficient (Wildman–Crippen LogP) is 3.83. The number of nitrogen functional groups attached to an aromatic ring is 1. The zero-order valence-corrected chi connectivity index (χ0v) is 16.3. The minimum absolute atomic E-state index is 0.143. The summed E-state index contributed by atoms with van der Waals surface area (Å²) in [6, 6.07) is 3.32. The summed E-state index contributed by atoms with van der Waals surface area (Å²) in [5.41, 5.74) is 8.12. The van der Waals surface area contributed by atoms with Crippen LogP contribution >= 0.6 is 11.6 Å². The standard InChI is InChI=1S/C20H28ClN3O2/c1-13-12-24(14-6-4-3-5-7-14)9-8-18(13)23-20(25)15-10-16(21)17(22)11-19(15)26-2/h6,10-11,13,18H,3-5,7-9,12,22H2,1-2H3,(H,23,25). The van der Waals surface area contributed by atoms with Crippen LogP contribution in [0.1, 0.15) is 49.4 Å². The van der Waals surface area contributed by atoms with Gasteiger partial charge in [0, 0.05) is 30.9 Å². The van der Waals surface area contributed by atoms with Crippen molar-refractivity contribution in [1.29, 1.82) is 0 Å². The molecule has 2 atom stereocenters. The minimum atomic E-state index is -0.161. The number of halogens is 1. The Morgan fingerprint density at radius 1 is 1.38 bits per heavy atom. The molecule has 1 fully saturated rings. The van der Waals surface area contributed by atoms with Crippen molar-refractivity contribution < 1.29 is 9.53 Å². The van der Waals surface area contributed by atoms with Gasteiger partial charge in [-0.15, -0.1) is 0 Å². The summed E-state index contributed by atoms with van der Waals surface area (Å²) >= 11 is 6.09. The molecule has 2 aliphatic rings. The van der Waals surface area contributed by atoms with Gasteiger partial charge in [0.25, 0.3) is 5.91 Å². The van der Waals surface area contributed by atoms with Gasteiger partial charge >= 0.3 is 0 Å². The Morgan fingerprint density at radius 3 is 2.85 bits per heavy atom. The van der Waals surface area contributed by atoms with E-state index < -0.39 is 0 Å². The Morgan fingerprint density at radius 2 is 2.19 bits per heavy atom. The number of methoxy groups -OCH3 is 1. The van der Waals surface area contributed by atoms with Gasteiger partial charge < -0.3 is 20.7 Å². The monoisotopic (exact) mass is 377 g/mol. The van der Waals surface area contributed by atoms with Crippen molar-refractivity contribution in [2.24, 2.45) is 5.92 Å². The van der Waals surface area contributed by atoms with E-state index in [0.717, 1.165) is 19.5 Å². The van der Waals surface area contributed by atoms with Crippen molar-refractivity contribution >= 4 is 23.2 Å².